The largest absolute Gasteiger partial charge is 0.259 e. The molecule has 0 unspecified atom stereocenters. The van der Waals surface area contributed by atoms with Crippen molar-refractivity contribution in [2.75, 3.05) is 0 Å². The van der Waals surface area contributed by atoms with E-state index in [0.29, 0.717) is 5.69 Å². The SMILES string of the molecule is [C-]#[N+]c1ccnc(-c2cccc(-c3ccc4c(c3)C(c3ccccc3)(c3ccccc3)c3ccccc3-4)c2)c1. The molecule has 2 heteroatoms. The third kappa shape index (κ3) is 3.60. The molecule has 0 aliphatic heterocycles. The van der Waals surface area contributed by atoms with Crippen LogP contribution in [-0.4, -0.2) is 4.98 Å². The van der Waals surface area contributed by atoms with Crippen molar-refractivity contribution in [1.82, 2.24) is 4.98 Å². The van der Waals surface area contributed by atoms with Gasteiger partial charge in [-0.25, -0.2) is 4.85 Å². The third-order valence-electron chi connectivity index (χ3n) is 7.82. The summed E-state index contributed by atoms with van der Waals surface area (Å²) >= 11 is 0. The fourth-order valence-corrected chi connectivity index (χ4v) is 6.13. The minimum absolute atomic E-state index is 0.423. The molecule has 0 saturated heterocycles. The lowest BCUT2D eigenvalue weighted by Gasteiger charge is -2.34. The number of pyridine rings is 1. The first-order valence-corrected chi connectivity index (χ1v) is 13.1. The number of aromatic nitrogens is 1. The highest BCUT2D eigenvalue weighted by Gasteiger charge is 2.45. The van der Waals surface area contributed by atoms with Crippen molar-refractivity contribution in [1.29, 1.82) is 0 Å². The molecule has 5 aromatic carbocycles. The monoisotopic (exact) mass is 496 g/mol. The highest BCUT2D eigenvalue weighted by atomic mass is 14.7. The number of hydrogen-bond donors (Lipinski definition) is 0. The summed E-state index contributed by atoms with van der Waals surface area (Å²) in [6.07, 6.45) is 1.70. The minimum Gasteiger partial charge on any atom is -0.259 e. The van der Waals surface area contributed by atoms with Gasteiger partial charge in [-0.3, -0.25) is 4.98 Å². The maximum atomic E-state index is 7.38. The molecule has 0 atom stereocenters. The average molecular weight is 497 g/mol. The predicted octanol–water partition coefficient (Wildman–Crippen LogP) is 9.33. The Morgan fingerprint density at radius 3 is 1.90 bits per heavy atom. The van der Waals surface area contributed by atoms with Gasteiger partial charge in [0.2, 0.25) is 0 Å². The van der Waals surface area contributed by atoms with Crippen LogP contribution >= 0.6 is 0 Å². The number of nitrogens with zero attached hydrogens (tertiary/aromatic N) is 2. The predicted molar refractivity (Wildman–Crippen MR) is 159 cm³/mol. The average Bonchev–Trinajstić information content (AvgIpc) is 3.32. The summed E-state index contributed by atoms with van der Waals surface area (Å²) < 4.78 is 0. The molecule has 0 N–H and O–H groups in total. The molecular formula is C37H24N2. The Morgan fingerprint density at radius 2 is 1.15 bits per heavy atom. The Labute approximate surface area is 228 Å². The van der Waals surface area contributed by atoms with E-state index in [0.717, 1.165) is 22.4 Å². The van der Waals surface area contributed by atoms with Crippen molar-refractivity contribution in [2.45, 2.75) is 5.41 Å². The van der Waals surface area contributed by atoms with Crippen LogP contribution in [0.2, 0.25) is 0 Å². The molecule has 0 fully saturated rings. The molecule has 0 amide bonds. The van der Waals surface area contributed by atoms with Gasteiger partial charge in [-0.05, 0) is 74.3 Å². The molecule has 182 valence electrons. The van der Waals surface area contributed by atoms with Crippen LogP contribution in [0.15, 0.2) is 146 Å². The molecule has 1 aromatic heterocycles. The van der Waals surface area contributed by atoms with Crippen molar-refractivity contribution in [3.8, 4) is 33.5 Å². The van der Waals surface area contributed by atoms with Gasteiger partial charge >= 0.3 is 0 Å². The van der Waals surface area contributed by atoms with Crippen molar-refractivity contribution in [3.05, 3.63) is 179 Å². The molecule has 0 bridgehead atoms. The lowest BCUT2D eigenvalue weighted by atomic mass is 9.67. The smallest absolute Gasteiger partial charge is 0.190 e. The molecule has 0 saturated carbocycles. The van der Waals surface area contributed by atoms with Crippen LogP contribution in [0, 0.1) is 6.57 Å². The zero-order chi connectivity index (χ0) is 26.2. The lowest BCUT2D eigenvalue weighted by molar-refractivity contribution is 0.769. The Morgan fingerprint density at radius 1 is 0.513 bits per heavy atom. The van der Waals surface area contributed by atoms with Gasteiger partial charge in [0, 0.05) is 6.20 Å². The number of fused-ring (bicyclic) bond motifs is 3. The molecule has 0 radical (unpaired) electrons. The quantitative estimate of drug-likeness (QED) is 0.222. The summed E-state index contributed by atoms with van der Waals surface area (Å²) in [6, 6.07) is 49.5. The number of rotatable bonds is 4. The van der Waals surface area contributed by atoms with Crippen LogP contribution in [0.1, 0.15) is 22.3 Å². The van der Waals surface area contributed by atoms with Crippen molar-refractivity contribution in [2.24, 2.45) is 0 Å². The molecule has 1 aliphatic rings. The summed E-state index contributed by atoms with van der Waals surface area (Å²) in [7, 11) is 0. The van der Waals surface area contributed by atoms with Gasteiger partial charge in [-0.2, -0.15) is 0 Å². The van der Waals surface area contributed by atoms with E-state index in [1.807, 2.05) is 6.07 Å². The van der Waals surface area contributed by atoms with E-state index < -0.39 is 5.41 Å². The van der Waals surface area contributed by atoms with Crippen LogP contribution in [0.4, 0.5) is 5.69 Å². The molecule has 6 aromatic rings. The zero-order valence-electron chi connectivity index (χ0n) is 21.3. The second-order valence-corrected chi connectivity index (χ2v) is 9.88. The molecule has 7 rings (SSSR count). The fraction of sp³-hybridized carbons (Fsp3) is 0.0270. The van der Waals surface area contributed by atoms with Gasteiger partial charge < -0.3 is 0 Å². The summed E-state index contributed by atoms with van der Waals surface area (Å²) in [5, 5.41) is 0. The molecule has 0 spiro atoms. The molecule has 39 heavy (non-hydrogen) atoms. The first-order valence-electron chi connectivity index (χ1n) is 13.1. The van der Waals surface area contributed by atoms with Gasteiger partial charge in [-0.1, -0.05) is 115 Å². The van der Waals surface area contributed by atoms with Gasteiger partial charge in [0.1, 0.15) is 0 Å². The van der Waals surface area contributed by atoms with Crippen molar-refractivity contribution >= 4 is 5.69 Å². The number of hydrogen-bond acceptors (Lipinski definition) is 1. The van der Waals surface area contributed by atoms with Crippen molar-refractivity contribution in [3.63, 3.8) is 0 Å². The number of benzene rings is 5. The highest BCUT2D eigenvalue weighted by Crippen LogP contribution is 2.56. The van der Waals surface area contributed by atoms with Gasteiger partial charge in [0.05, 0.1) is 17.7 Å². The van der Waals surface area contributed by atoms with Crippen LogP contribution in [0.5, 0.6) is 0 Å². The van der Waals surface area contributed by atoms with Crippen molar-refractivity contribution < 1.29 is 0 Å². The van der Waals surface area contributed by atoms with E-state index >= 15 is 0 Å². The standard InChI is InChI=1S/C37H24N2/c1-38-31-21-22-39-36(25-31)28-12-10-11-26(23-28)27-19-20-33-32-17-8-9-18-34(32)37(35(33)24-27,29-13-4-2-5-14-29)30-15-6-3-7-16-30/h2-25H. The summed E-state index contributed by atoms with van der Waals surface area (Å²) in [5.41, 5.74) is 11.9. The maximum absolute atomic E-state index is 7.38. The fourth-order valence-electron chi connectivity index (χ4n) is 6.13. The first-order chi connectivity index (χ1) is 19.3. The molecule has 1 heterocycles. The Hall–Kier alpha value is -5.26. The van der Waals surface area contributed by atoms with E-state index in [-0.39, 0.29) is 0 Å². The van der Waals surface area contributed by atoms with E-state index in [2.05, 4.69) is 137 Å². The first kappa shape index (κ1) is 22.9. The highest BCUT2D eigenvalue weighted by molar-refractivity contribution is 5.88. The van der Waals surface area contributed by atoms with Crippen LogP contribution < -0.4 is 0 Å². The summed E-state index contributed by atoms with van der Waals surface area (Å²) in [6.45, 7) is 7.38. The van der Waals surface area contributed by atoms with E-state index in [4.69, 9.17) is 6.57 Å². The normalized spacial score (nSPS) is 12.8. The molecular weight excluding hydrogens is 472 g/mol. The van der Waals surface area contributed by atoms with Gasteiger partial charge in [-0.15, -0.1) is 0 Å². The van der Waals surface area contributed by atoms with Crippen LogP contribution in [0.25, 0.3) is 38.4 Å². The van der Waals surface area contributed by atoms with E-state index in [1.165, 1.54) is 33.4 Å². The summed E-state index contributed by atoms with van der Waals surface area (Å²) in [5.74, 6) is 0. The zero-order valence-corrected chi connectivity index (χ0v) is 21.3. The van der Waals surface area contributed by atoms with Gasteiger partial charge in [0.15, 0.2) is 5.69 Å². The second-order valence-electron chi connectivity index (χ2n) is 9.88. The molecule has 1 aliphatic carbocycles. The molecule has 2 nitrogen and oxygen atoms in total. The third-order valence-corrected chi connectivity index (χ3v) is 7.82. The van der Waals surface area contributed by atoms with Crippen LogP contribution in [-0.2, 0) is 5.41 Å². The topological polar surface area (TPSA) is 17.2 Å². The minimum atomic E-state index is -0.423. The second kappa shape index (κ2) is 9.24. The van der Waals surface area contributed by atoms with E-state index in [1.54, 1.807) is 12.3 Å². The summed E-state index contributed by atoms with van der Waals surface area (Å²) in [4.78, 5) is 8.12. The Bertz CT molecular complexity index is 1820. The van der Waals surface area contributed by atoms with Crippen LogP contribution in [0.3, 0.4) is 0 Å². The Balaban J connectivity index is 1.47. The Kier molecular flexibility index (Phi) is 5.43. The lowest BCUT2D eigenvalue weighted by Crippen LogP contribution is -2.28. The maximum Gasteiger partial charge on any atom is 0.190 e. The van der Waals surface area contributed by atoms with Gasteiger partial charge in [0.25, 0.3) is 0 Å². The van der Waals surface area contributed by atoms with E-state index in [9.17, 15) is 0 Å².